The fraction of sp³-hybridized carbons (Fsp3) is 0.269. The van der Waals surface area contributed by atoms with Crippen LogP contribution in [-0.2, 0) is 22.3 Å². The van der Waals surface area contributed by atoms with Gasteiger partial charge in [0.2, 0.25) is 0 Å². The summed E-state index contributed by atoms with van der Waals surface area (Å²) in [5.41, 5.74) is 16.1. The van der Waals surface area contributed by atoms with Gasteiger partial charge >= 0.3 is 18.9 Å². The molecular weight excluding hydrogens is 824 g/mol. The van der Waals surface area contributed by atoms with E-state index in [1.807, 2.05) is 90.7 Å². The van der Waals surface area contributed by atoms with Gasteiger partial charge in [-0.1, -0.05) is 36.4 Å². The smallest absolute Gasteiger partial charge is 0.545 e. The van der Waals surface area contributed by atoms with Gasteiger partial charge in [-0.25, -0.2) is 9.36 Å². The Morgan fingerprint density at radius 2 is 1.11 bits per heavy atom. The quantitative estimate of drug-likeness (QED) is 0.202. The van der Waals surface area contributed by atoms with Crippen molar-refractivity contribution >= 4 is 33.7 Å². The molecule has 3 N–H and O–H groups in total. The summed E-state index contributed by atoms with van der Waals surface area (Å²) in [5, 5.41) is 25.1. The largest absolute Gasteiger partial charge is 1.00 e. The van der Waals surface area contributed by atoms with Crippen LogP contribution >= 0.6 is 0 Å². The Labute approximate surface area is 396 Å². The number of nitrogens with two attached hydrogens (primary N) is 1. The second-order valence-electron chi connectivity index (χ2n) is 16.4. The molecule has 332 valence electrons. The molecule has 0 radical (unpaired) electrons. The van der Waals surface area contributed by atoms with E-state index in [1.54, 1.807) is 35.5 Å². The van der Waals surface area contributed by atoms with E-state index >= 15 is 0 Å². The Hall–Kier alpha value is -6.46. The van der Waals surface area contributed by atoms with Crippen molar-refractivity contribution in [3.63, 3.8) is 0 Å². The number of aromatic carboxylic acids is 1. The van der Waals surface area contributed by atoms with Crippen molar-refractivity contribution in [2.45, 2.75) is 64.5 Å². The van der Waals surface area contributed by atoms with Gasteiger partial charge in [0, 0.05) is 92.0 Å². The number of amides is 1. The molecule has 0 saturated carbocycles. The van der Waals surface area contributed by atoms with Gasteiger partial charge < -0.3 is 30.4 Å². The first-order valence-corrected chi connectivity index (χ1v) is 22.1. The fourth-order valence-corrected chi connectivity index (χ4v) is 8.23. The van der Waals surface area contributed by atoms with Crippen molar-refractivity contribution in [2.75, 3.05) is 26.4 Å². The van der Waals surface area contributed by atoms with E-state index in [2.05, 4.69) is 56.7 Å². The number of hydrogen-bond acceptors (Lipinski definition) is 10. The zero-order chi connectivity index (χ0) is 45.1. The predicted molar refractivity (Wildman–Crippen MR) is 249 cm³/mol. The van der Waals surface area contributed by atoms with Crippen LogP contribution in [0.3, 0.4) is 0 Å². The monoisotopic (exact) mass is 876 g/mol. The standard InChI is InChI=1S/C26H26N4O2.C21H17N3O2.C5H11NO.Li/c1-18-20(16-19-5-7-22(8-6-19)30-13-3-12-28-30)17-24(25-23(18)4-2-11-27-25)26(31)29-21-9-14-32-15-10-21;1-14-16(13-19(21(25)26)20-18(14)4-2-9-22-20)12-15-5-7-17(8-6-15)24-11-3-10-23-24;6-5-1-3-7-4-2-5;/h2-8,11-13,17,21H,9-10,14-16H2,1H3,(H,29,31);2-11,13H,12H2,1H3,(H,25,26);5H,1-4,6H2;/q;;;+1/p-1. The third-order valence-corrected chi connectivity index (χ3v) is 12.0. The molecule has 10 rings (SSSR count). The molecule has 66 heavy (non-hydrogen) atoms. The summed E-state index contributed by atoms with van der Waals surface area (Å²) in [4.78, 5) is 33.5. The maximum atomic E-state index is 13.2. The Bertz CT molecular complexity index is 2840. The van der Waals surface area contributed by atoms with E-state index in [-0.39, 0.29) is 36.4 Å². The van der Waals surface area contributed by atoms with E-state index in [9.17, 15) is 14.7 Å². The maximum Gasteiger partial charge on any atom is 1.00 e. The fourth-order valence-electron chi connectivity index (χ4n) is 8.23. The molecule has 0 spiro atoms. The predicted octanol–water partition coefficient (Wildman–Crippen LogP) is 4.04. The van der Waals surface area contributed by atoms with E-state index in [4.69, 9.17) is 15.2 Å². The number of aromatic nitrogens is 6. The average Bonchev–Trinajstić information content (AvgIpc) is 4.09. The number of hydrogen-bond donors (Lipinski definition) is 2. The van der Waals surface area contributed by atoms with Crippen LogP contribution in [0.4, 0.5) is 0 Å². The van der Waals surface area contributed by atoms with Crippen molar-refractivity contribution in [2.24, 2.45) is 5.73 Å². The van der Waals surface area contributed by atoms with Crippen LogP contribution in [-0.4, -0.2) is 79.9 Å². The number of carbonyl (C=O) groups is 2. The van der Waals surface area contributed by atoms with E-state index in [1.165, 1.54) is 5.56 Å². The van der Waals surface area contributed by atoms with Crippen LogP contribution in [0.2, 0.25) is 0 Å². The van der Waals surface area contributed by atoms with Gasteiger partial charge in [0.25, 0.3) is 5.91 Å². The summed E-state index contributed by atoms with van der Waals surface area (Å²) in [6.45, 7) is 7.21. The third kappa shape index (κ3) is 11.7. The summed E-state index contributed by atoms with van der Waals surface area (Å²) in [6, 6.07) is 32.2. The summed E-state index contributed by atoms with van der Waals surface area (Å²) in [5.74, 6) is -1.26. The molecule has 1 amide bonds. The van der Waals surface area contributed by atoms with Crippen molar-refractivity contribution in [1.82, 2.24) is 34.8 Å². The molecule has 4 aromatic heterocycles. The first-order chi connectivity index (χ1) is 31.7. The number of rotatable bonds is 9. The molecule has 0 unspecified atom stereocenters. The van der Waals surface area contributed by atoms with Crippen LogP contribution < -0.4 is 35.0 Å². The number of nitrogens with zero attached hydrogens (tertiary/aromatic N) is 6. The Morgan fingerprint density at radius 3 is 1.53 bits per heavy atom. The average molecular weight is 877 g/mol. The van der Waals surface area contributed by atoms with Crippen LogP contribution in [0, 0.1) is 13.8 Å². The molecule has 0 atom stereocenters. The number of pyridine rings is 2. The van der Waals surface area contributed by atoms with Crippen LogP contribution in [0.25, 0.3) is 33.2 Å². The van der Waals surface area contributed by atoms with Gasteiger partial charge in [-0.2, -0.15) is 10.2 Å². The SMILES string of the molecule is Cc1c(Cc2ccc(-n3cccn3)cc2)cc(C(=O)NC2CCOCC2)c2ncccc12.Cc1c(Cc2ccc(-n3cccn3)cc2)cc(C(=O)[O-])c2ncccc12.NC1CCOCC1.[Li+]. The third-order valence-electron chi connectivity index (χ3n) is 12.0. The Balaban J connectivity index is 0.000000171. The molecule has 2 saturated heterocycles. The first-order valence-electron chi connectivity index (χ1n) is 22.1. The van der Waals surface area contributed by atoms with Crippen LogP contribution in [0.1, 0.15) is 79.8 Å². The first kappa shape index (κ1) is 47.5. The molecule has 0 bridgehead atoms. The summed E-state index contributed by atoms with van der Waals surface area (Å²) < 4.78 is 14.1. The van der Waals surface area contributed by atoms with Crippen molar-refractivity contribution in [1.29, 1.82) is 0 Å². The number of aryl methyl sites for hydroxylation is 2. The number of ether oxygens (including phenoxy) is 2. The van der Waals surface area contributed by atoms with Gasteiger partial charge in [0.15, 0.2) is 0 Å². The summed E-state index contributed by atoms with van der Waals surface area (Å²) >= 11 is 0. The second-order valence-corrected chi connectivity index (χ2v) is 16.4. The molecule has 13 nitrogen and oxygen atoms in total. The zero-order valence-electron chi connectivity index (χ0n) is 37.7. The minimum atomic E-state index is -1.20. The minimum absolute atomic E-state index is 0. The molecule has 2 fully saturated rings. The molecular formula is C52H53LiN8O5. The molecule has 0 aliphatic carbocycles. The van der Waals surface area contributed by atoms with Crippen molar-refractivity contribution < 1.29 is 43.0 Å². The van der Waals surface area contributed by atoms with Crippen molar-refractivity contribution in [3.05, 3.63) is 179 Å². The van der Waals surface area contributed by atoms with Crippen LogP contribution in [0.5, 0.6) is 0 Å². The van der Waals surface area contributed by atoms with Crippen molar-refractivity contribution in [3.8, 4) is 11.4 Å². The van der Waals surface area contributed by atoms with E-state index < -0.39 is 5.97 Å². The number of carbonyl (C=O) groups excluding carboxylic acids is 2. The molecule has 2 aliphatic heterocycles. The number of benzene rings is 4. The summed E-state index contributed by atoms with van der Waals surface area (Å²) in [6.07, 6.45) is 15.8. The molecule has 4 aromatic carbocycles. The molecule has 8 aromatic rings. The number of carboxylic acids is 1. The van der Waals surface area contributed by atoms with Gasteiger partial charge in [0.1, 0.15) is 0 Å². The second kappa shape index (κ2) is 22.6. The number of carboxylic acid groups (broad SMARTS) is 1. The van der Waals surface area contributed by atoms with E-state index in [0.717, 1.165) is 101 Å². The maximum absolute atomic E-state index is 13.2. The Morgan fingerprint density at radius 1 is 0.652 bits per heavy atom. The summed E-state index contributed by atoms with van der Waals surface area (Å²) in [7, 11) is 0. The number of fused-ring (bicyclic) bond motifs is 2. The van der Waals surface area contributed by atoms with Gasteiger partial charge in [-0.3, -0.25) is 14.8 Å². The number of nitrogens with one attached hydrogen (secondary N) is 1. The molecule has 6 heterocycles. The normalized spacial score (nSPS) is 14.0. The zero-order valence-corrected chi connectivity index (χ0v) is 37.7. The molecule has 2 aliphatic rings. The minimum Gasteiger partial charge on any atom is -0.545 e. The Kier molecular flexibility index (Phi) is 16.3. The van der Waals surface area contributed by atoms with Gasteiger partial charge in [-0.15, -0.1) is 0 Å². The topological polar surface area (TPSA) is 175 Å². The van der Waals surface area contributed by atoms with Crippen LogP contribution in [0.15, 0.2) is 134 Å². The molecule has 14 heteroatoms. The van der Waals surface area contributed by atoms with E-state index in [0.29, 0.717) is 36.8 Å². The van der Waals surface area contributed by atoms with Gasteiger partial charge in [-0.05, 0) is 146 Å². The van der Waals surface area contributed by atoms with Gasteiger partial charge in [0.05, 0.1) is 33.9 Å².